The Morgan fingerprint density at radius 3 is 2.50 bits per heavy atom. The van der Waals surface area contributed by atoms with Crippen LogP contribution in [0.3, 0.4) is 0 Å². The highest BCUT2D eigenvalue weighted by molar-refractivity contribution is 7.99. The minimum Gasteiger partial charge on any atom is -0.305 e. The van der Waals surface area contributed by atoms with E-state index in [9.17, 15) is 4.39 Å². The van der Waals surface area contributed by atoms with Crippen molar-refractivity contribution in [3.05, 3.63) is 66.0 Å². The lowest BCUT2D eigenvalue weighted by atomic mass is 10.2. The molecule has 0 atom stereocenters. The van der Waals surface area contributed by atoms with Crippen molar-refractivity contribution in [3.8, 4) is 11.4 Å². The molecule has 22 heavy (non-hydrogen) atoms. The molecule has 3 nitrogen and oxygen atoms in total. The van der Waals surface area contributed by atoms with Gasteiger partial charge in [-0.15, -0.1) is 10.2 Å². The van der Waals surface area contributed by atoms with E-state index in [-0.39, 0.29) is 5.82 Å². The molecule has 0 N–H and O–H groups in total. The van der Waals surface area contributed by atoms with Crippen LogP contribution in [0.2, 0.25) is 0 Å². The third-order valence-electron chi connectivity index (χ3n) is 3.41. The lowest BCUT2D eigenvalue weighted by Gasteiger charge is -2.05. The molecule has 0 amide bonds. The fourth-order valence-electron chi connectivity index (χ4n) is 2.22. The van der Waals surface area contributed by atoms with Gasteiger partial charge in [0.05, 0.1) is 5.56 Å². The quantitative estimate of drug-likeness (QED) is 0.668. The molecule has 0 fully saturated rings. The second-order valence-corrected chi connectivity index (χ2v) is 5.99. The summed E-state index contributed by atoms with van der Waals surface area (Å²) in [6.45, 7) is 0. The first-order valence-corrected chi connectivity index (χ1v) is 8.05. The Bertz CT molecular complexity index is 756. The highest BCUT2D eigenvalue weighted by atomic mass is 32.2. The topological polar surface area (TPSA) is 30.7 Å². The van der Waals surface area contributed by atoms with Crippen LogP contribution in [0.5, 0.6) is 0 Å². The van der Waals surface area contributed by atoms with Gasteiger partial charge in [0.1, 0.15) is 5.82 Å². The van der Waals surface area contributed by atoms with Crippen LogP contribution < -0.4 is 0 Å². The van der Waals surface area contributed by atoms with E-state index in [1.54, 1.807) is 30.0 Å². The second-order valence-electron chi connectivity index (χ2n) is 4.93. The molecule has 0 aliphatic rings. The van der Waals surface area contributed by atoms with Crippen LogP contribution in [-0.4, -0.2) is 20.5 Å². The molecule has 112 valence electrons. The average Bonchev–Trinajstić information content (AvgIpc) is 2.90. The zero-order chi connectivity index (χ0) is 15.4. The second kappa shape index (κ2) is 6.75. The van der Waals surface area contributed by atoms with Crippen LogP contribution >= 0.6 is 11.8 Å². The smallest absolute Gasteiger partial charge is 0.191 e. The predicted octanol–water partition coefficient (Wildman–Crippen LogP) is 3.96. The number of aromatic nitrogens is 3. The van der Waals surface area contributed by atoms with Gasteiger partial charge in [-0.25, -0.2) is 4.39 Å². The summed E-state index contributed by atoms with van der Waals surface area (Å²) >= 11 is 1.63. The Morgan fingerprint density at radius 1 is 1.00 bits per heavy atom. The van der Waals surface area contributed by atoms with E-state index in [2.05, 4.69) is 22.3 Å². The number of thioether (sulfide) groups is 1. The van der Waals surface area contributed by atoms with Crippen LogP contribution in [0.25, 0.3) is 11.4 Å². The van der Waals surface area contributed by atoms with E-state index >= 15 is 0 Å². The van der Waals surface area contributed by atoms with E-state index in [4.69, 9.17) is 0 Å². The van der Waals surface area contributed by atoms with Gasteiger partial charge >= 0.3 is 0 Å². The first-order chi connectivity index (χ1) is 10.8. The molecule has 0 aliphatic carbocycles. The maximum absolute atomic E-state index is 13.9. The van der Waals surface area contributed by atoms with Gasteiger partial charge in [0, 0.05) is 12.8 Å². The summed E-state index contributed by atoms with van der Waals surface area (Å²) in [5.41, 5.74) is 1.78. The van der Waals surface area contributed by atoms with Gasteiger partial charge in [-0.2, -0.15) is 0 Å². The van der Waals surface area contributed by atoms with Gasteiger partial charge in [-0.3, -0.25) is 0 Å². The van der Waals surface area contributed by atoms with Gasteiger partial charge in [0.25, 0.3) is 0 Å². The van der Waals surface area contributed by atoms with Crippen molar-refractivity contribution < 1.29 is 4.39 Å². The van der Waals surface area contributed by atoms with Crippen LogP contribution in [0.1, 0.15) is 5.56 Å². The summed E-state index contributed by atoms with van der Waals surface area (Å²) in [5.74, 6) is 1.19. The maximum Gasteiger partial charge on any atom is 0.191 e. The number of aryl methyl sites for hydroxylation is 1. The molecule has 1 aromatic heterocycles. The van der Waals surface area contributed by atoms with E-state index < -0.39 is 0 Å². The molecule has 3 rings (SSSR count). The molecule has 0 bridgehead atoms. The summed E-state index contributed by atoms with van der Waals surface area (Å²) in [6.07, 6.45) is 0.966. The molecule has 0 aliphatic heterocycles. The molecule has 0 spiro atoms. The number of benzene rings is 2. The summed E-state index contributed by atoms with van der Waals surface area (Å²) in [4.78, 5) is 0. The Labute approximate surface area is 133 Å². The monoisotopic (exact) mass is 313 g/mol. The molecule has 5 heteroatoms. The molecule has 3 aromatic rings. The Kier molecular flexibility index (Phi) is 4.53. The molecule has 0 radical (unpaired) electrons. The van der Waals surface area contributed by atoms with Gasteiger partial charge in [-0.1, -0.05) is 54.2 Å². The Balaban J connectivity index is 1.70. The van der Waals surface area contributed by atoms with Crippen molar-refractivity contribution >= 4 is 11.8 Å². The van der Waals surface area contributed by atoms with Gasteiger partial charge in [0.2, 0.25) is 0 Å². The van der Waals surface area contributed by atoms with Crippen LogP contribution in [0, 0.1) is 5.82 Å². The minimum atomic E-state index is -0.279. The highest BCUT2D eigenvalue weighted by Gasteiger charge is 2.14. The zero-order valence-electron chi connectivity index (χ0n) is 12.2. The highest BCUT2D eigenvalue weighted by Crippen LogP contribution is 2.24. The molecule has 0 saturated carbocycles. The molecule has 2 aromatic carbocycles. The lowest BCUT2D eigenvalue weighted by Crippen LogP contribution is -1.97. The van der Waals surface area contributed by atoms with E-state index in [1.165, 1.54) is 11.6 Å². The van der Waals surface area contributed by atoms with E-state index in [1.807, 2.05) is 29.8 Å². The molecule has 0 saturated heterocycles. The van der Waals surface area contributed by atoms with Crippen LogP contribution in [-0.2, 0) is 13.5 Å². The summed E-state index contributed by atoms with van der Waals surface area (Å²) in [6, 6.07) is 16.9. The number of nitrogens with zero attached hydrogens (tertiary/aromatic N) is 3. The molecule has 0 unspecified atom stereocenters. The molecular formula is C17H16FN3S. The van der Waals surface area contributed by atoms with E-state index in [0.717, 1.165) is 17.3 Å². The van der Waals surface area contributed by atoms with Gasteiger partial charge < -0.3 is 4.57 Å². The predicted molar refractivity (Wildman–Crippen MR) is 87.3 cm³/mol. The number of hydrogen-bond acceptors (Lipinski definition) is 3. The summed E-state index contributed by atoms with van der Waals surface area (Å²) in [5, 5.41) is 9.10. The standard InChI is InChI=1S/C17H16FN3S/c1-21-16(14-9-5-6-10-15(14)18)19-20-17(21)22-12-11-13-7-3-2-4-8-13/h2-10H,11-12H2,1H3. The average molecular weight is 313 g/mol. The van der Waals surface area contributed by atoms with Crippen LogP contribution in [0.15, 0.2) is 59.8 Å². The Hall–Kier alpha value is -2.14. The third-order valence-corrected chi connectivity index (χ3v) is 4.44. The number of rotatable bonds is 5. The molecular weight excluding hydrogens is 297 g/mol. The summed E-state index contributed by atoms with van der Waals surface area (Å²) < 4.78 is 15.7. The number of hydrogen-bond donors (Lipinski definition) is 0. The first-order valence-electron chi connectivity index (χ1n) is 7.07. The lowest BCUT2D eigenvalue weighted by molar-refractivity contribution is 0.628. The zero-order valence-corrected chi connectivity index (χ0v) is 13.1. The van der Waals surface area contributed by atoms with Crippen LogP contribution in [0.4, 0.5) is 4.39 Å². The van der Waals surface area contributed by atoms with Gasteiger partial charge in [-0.05, 0) is 24.1 Å². The van der Waals surface area contributed by atoms with Gasteiger partial charge in [0.15, 0.2) is 11.0 Å². The summed E-state index contributed by atoms with van der Waals surface area (Å²) in [7, 11) is 1.87. The fraction of sp³-hybridized carbons (Fsp3) is 0.176. The van der Waals surface area contributed by atoms with Crippen molar-refractivity contribution in [1.29, 1.82) is 0 Å². The van der Waals surface area contributed by atoms with E-state index in [0.29, 0.717) is 11.4 Å². The molecule has 1 heterocycles. The first kappa shape index (κ1) is 14.8. The van der Waals surface area contributed by atoms with Crippen molar-refractivity contribution in [2.45, 2.75) is 11.6 Å². The largest absolute Gasteiger partial charge is 0.305 e. The minimum absolute atomic E-state index is 0.279. The maximum atomic E-state index is 13.9. The normalized spacial score (nSPS) is 10.8. The number of halogens is 1. The van der Waals surface area contributed by atoms with Crippen molar-refractivity contribution in [1.82, 2.24) is 14.8 Å². The van der Waals surface area contributed by atoms with Crippen molar-refractivity contribution in [3.63, 3.8) is 0 Å². The third kappa shape index (κ3) is 3.20. The SMILES string of the molecule is Cn1c(SCCc2ccccc2)nnc1-c1ccccc1F. The van der Waals surface area contributed by atoms with Crippen molar-refractivity contribution in [2.24, 2.45) is 7.05 Å². The fourth-order valence-corrected chi connectivity index (χ4v) is 3.12. The van der Waals surface area contributed by atoms with Crippen molar-refractivity contribution in [2.75, 3.05) is 5.75 Å². The Morgan fingerprint density at radius 2 is 1.73 bits per heavy atom.